The highest BCUT2D eigenvalue weighted by Gasteiger charge is 2.41. The number of nitrogens with zero attached hydrogens (tertiary/aromatic N) is 1. The first-order valence-electron chi connectivity index (χ1n) is 8.27. The highest BCUT2D eigenvalue weighted by atomic mass is 32.2. The number of carbonyl (C=O) groups is 1. The lowest BCUT2D eigenvalue weighted by Crippen LogP contribution is -2.43. The van der Waals surface area contributed by atoms with Gasteiger partial charge in [0.2, 0.25) is 0 Å². The molecule has 1 amide bonds. The highest BCUT2D eigenvalue weighted by Crippen LogP contribution is 2.53. The van der Waals surface area contributed by atoms with Crippen molar-refractivity contribution < 1.29 is 32.5 Å². The van der Waals surface area contributed by atoms with Gasteiger partial charge in [-0.1, -0.05) is 25.1 Å². The number of carboxylic acid groups (broad SMARTS) is 1. The van der Waals surface area contributed by atoms with E-state index in [0.29, 0.717) is 17.7 Å². The zero-order valence-electron chi connectivity index (χ0n) is 15.9. The Morgan fingerprint density at radius 2 is 2.07 bits per heavy atom. The minimum Gasteiger partial charge on any atom is -0.530 e. The molecule has 1 aliphatic heterocycles. The highest BCUT2D eigenvalue weighted by molar-refractivity contribution is 7.88. The monoisotopic (exact) mass is 419 g/mol. The van der Waals surface area contributed by atoms with Gasteiger partial charge in [-0.2, -0.15) is 0 Å². The Hall–Kier alpha value is -1.45. The minimum absolute atomic E-state index is 0.0260. The van der Waals surface area contributed by atoms with Crippen LogP contribution in [0.4, 0.5) is 4.79 Å². The smallest absolute Gasteiger partial charge is 0.419 e. The van der Waals surface area contributed by atoms with Crippen molar-refractivity contribution in [2.45, 2.75) is 38.2 Å². The summed E-state index contributed by atoms with van der Waals surface area (Å²) in [6.07, 6.45) is -1.00. The topological polar surface area (TPSA) is 117 Å². The molecule has 0 bridgehead atoms. The third-order valence-corrected chi connectivity index (χ3v) is 8.35. The van der Waals surface area contributed by atoms with Gasteiger partial charge in [0.05, 0.1) is 0 Å². The van der Waals surface area contributed by atoms with Gasteiger partial charge in [-0.25, -0.2) is 8.77 Å². The van der Waals surface area contributed by atoms with Crippen LogP contribution in [0.3, 0.4) is 0 Å². The van der Waals surface area contributed by atoms with Crippen LogP contribution in [0.1, 0.15) is 37.3 Å². The number of fused-ring (bicyclic) bond motifs is 1. The molecular weight excluding hydrogens is 395 g/mol. The van der Waals surface area contributed by atoms with Gasteiger partial charge in [-0.05, 0) is 19.4 Å². The van der Waals surface area contributed by atoms with Gasteiger partial charge in [0, 0.05) is 32.7 Å². The van der Waals surface area contributed by atoms with Gasteiger partial charge in [0.1, 0.15) is 33.8 Å². The van der Waals surface area contributed by atoms with Crippen molar-refractivity contribution in [2.24, 2.45) is 0 Å². The number of nitrogens with one attached hydrogen (secondary N) is 1. The van der Waals surface area contributed by atoms with Crippen molar-refractivity contribution in [3.8, 4) is 5.75 Å². The molecular formula is C16H24N2O7PS-. The average molecular weight is 419 g/mol. The van der Waals surface area contributed by atoms with Crippen LogP contribution in [0.25, 0.3) is 0 Å². The summed E-state index contributed by atoms with van der Waals surface area (Å²) in [5.74, 6) is 0.454. The molecule has 9 nitrogen and oxygen atoms in total. The van der Waals surface area contributed by atoms with Crippen LogP contribution in [0, 0.1) is 0 Å². The van der Waals surface area contributed by atoms with E-state index in [2.05, 4.69) is 5.32 Å². The molecule has 1 N–H and O–H groups in total. The van der Waals surface area contributed by atoms with Gasteiger partial charge in [-0.15, -0.1) is 4.08 Å². The number of benzene rings is 1. The van der Waals surface area contributed by atoms with Crippen LogP contribution >= 0.6 is 7.75 Å². The third kappa shape index (κ3) is 4.52. The second-order valence-corrected chi connectivity index (χ2v) is 10.3. The largest absolute Gasteiger partial charge is 0.530 e. The van der Waals surface area contributed by atoms with E-state index < -0.39 is 35.8 Å². The fourth-order valence-electron chi connectivity index (χ4n) is 2.97. The molecule has 0 aliphatic carbocycles. The molecule has 0 aromatic heterocycles. The zero-order chi connectivity index (χ0) is 20.4. The van der Waals surface area contributed by atoms with Crippen LogP contribution < -0.4 is 15.2 Å². The van der Waals surface area contributed by atoms with Crippen molar-refractivity contribution >= 4 is 24.8 Å². The molecule has 2 atom stereocenters. The lowest BCUT2D eigenvalue weighted by Gasteiger charge is -2.31. The number of amides is 1. The molecule has 27 heavy (non-hydrogen) atoms. The van der Waals surface area contributed by atoms with E-state index >= 15 is 0 Å². The van der Waals surface area contributed by atoms with E-state index in [1.807, 2.05) is 19.9 Å². The fraction of sp³-hybridized carbons (Fsp3) is 0.562. The average Bonchev–Trinajstić information content (AvgIpc) is 2.93. The third-order valence-electron chi connectivity index (χ3n) is 4.07. The predicted molar refractivity (Wildman–Crippen MR) is 98.3 cm³/mol. The molecule has 0 saturated carbocycles. The SMILES string of the molecule is CCN(S(=O)C(NC(=O)[O-])c1cccc2c1OC(C)(C)C2)P(=O)(OC)OC. The van der Waals surface area contributed by atoms with Crippen molar-refractivity contribution in [3.63, 3.8) is 0 Å². The second kappa shape index (κ2) is 8.28. The molecule has 0 fully saturated rings. The lowest BCUT2D eigenvalue weighted by atomic mass is 10.0. The quantitative estimate of drug-likeness (QED) is 0.638. The molecule has 1 aromatic rings. The Morgan fingerprint density at radius 3 is 2.59 bits per heavy atom. The number of ether oxygens (including phenoxy) is 1. The molecule has 1 heterocycles. The summed E-state index contributed by atoms with van der Waals surface area (Å²) in [5, 5.41) is 12.1. The normalized spacial score (nSPS) is 17.9. The molecule has 0 radical (unpaired) electrons. The molecule has 1 aliphatic rings. The number of carbonyl (C=O) groups excluding carboxylic acids is 1. The summed E-state index contributed by atoms with van der Waals surface area (Å²) in [6, 6.07) is 5.19. The molecule has 1 aromatic carbocycles. The van der Waals surface area contributed by atoms with Gasteiger partial charge in [0.15, 0.2) is 0 Å². The summed E-state index contributed by atoms with van der Waals surface area (Å²) in [4.78, 5) is 11.3. The van der Waals surface area contributed by atoms with E-state index in [0.717, 1.165) is 23.9 Å². The summed E-state index contributed by atoms with van der Waals surface area (Å²) in [5.41, 5.74) is 0.743. The van der Waals surface area contributed by atoms with Crippen LogP contribution in [0.2, 0.25) is 0 Å². The maximum atomic E-state index is 13.2. The maximum Gasteiger partial charge on any atom is 0.419 e. The molecule has 2 rings (SSSR count). The van der Waals surface area contributed by atoms with E-state index in [1.54, 1.807) is 19.1 Å². The van der Waals surface area contributed by atoms with Gasteiger partial charge >= 0.3 is 7.75 Å². The first-order chi connectivity index (χ1) is 12.6. The van der Waals surface area contributed by atoms with Gasteiger partial charge < -0.3 is 20.0 Å². The molecule has 0 saturated heterocycles. The molecule has 11 heteroatoms. The first-order valence-corrected chi connectivity index (χ1v) is 10.9. The Kier molecular flexibility index (Phi) is 6.70. The second-order valence-electron chi connectivity index (χ2n) is 6.46. The molecule has 0 spiro atoms. The first kappa shape index (κ1) is 21.8. The molecule has 152 valence electrons. The lowest BCUT2D eigenvalue weighted by molar-refractivity contribution is -0.251. The van der Waals surface area contributed by atoms with E-state index in [1.165, 1.54) is 0 Å². The Bertz CT molecular complexity index is 778. The van der Waals surface area contributed by atoms with Crippen LogP contribution in [0.15, 0.2) is 18.2 Å². The zero-order valence-corrected chi connectivity index (χ0v) is 17.6. The predicted octanol–water partition coefficient (Wildman–Crippen LogP) is 1.72. The summed E-state index contributed by atoms with van der Waals surface area (Å²) in [7, 11) is -3.69. The molecule has 2 unspecified atom stereocenters. The number of hydrogen-bond acceptors (Lipinski definition) is 7. The summed E-state index contributed by atoms with van der Waals surface area (Å²) >= 11 is 0. The van der Waals surface area contributed by atoms with Gasteiger partial charge in [0.25, 0.3) is 0 Å². The summed E-state index contributed by atoms with van der Waals surface area (Å²) < 4.78 is 42.8. The Labute approximate surface area is 161 Å². The van der Waals surface area contributed by atoms with Crippen LogP contribution in [0.5, 0.6) is 5.75 Å². The van der Waals surface area contributed by atoms with Crippen molar-refractivity contribution in [1.82, 2.24) is 9.39 Å². The summed E-state index contributed by atoms with van der Waals surface area (Å²) in [6.45, 7) is 5.43. The van der Waals surface area contributed by atoms with E-state index in [-0.39, 0.29) is 6.54 Å². The number of rotatable bonds is 8. The Morgan fingerprint density at radius 1 is 1.44 bits per heavy atom. The maximum absolute atomic E-state index is 13.2. The fourth-order valence-corrected chi connectivity index (χ4v) is 6.40. The van der Waals surface area contributed by atoms with Crippen LogP contribution in [-0.2, 0) is 31.0 Å². The van der Waals surface area contributed by atoms with Crippen LogP contribution in [-0.4, -0.2) is 40.7 Å². The van der Waals surface area contributed by atoms with E-state index in [9.17, 15) is 18.7 Å². The Balaban J connectivity index is 2.52. The van der Waals surface area contributed by atoms with E-state index in [4.69, 9.17) is 13.8 Å². The van der Waals surface area contributed by atoms with Crippen molar-refractivity contribution in [2.75, 3.05) is 20.8 Å². The number of hydrogen-bond donors (Lipinski definition) is 1. The van der Waals surface area contributed by atoms with Crippen molar-refractivity contribution in [1.29, 1.82) is 0 Å². The van der Waals surface area contributed by atoms with Gasteiger partial charge in [-0.3, -0.25) is 9.05 Å². The minimum atomic E-state index is -3.87. The standard InChI is InChI=1S/C16H25N2O7PS/c1-6-18(26(21,23-4)24-5)27(22)14(17-15(19)20)12-9-7-8-11-10-16(2,3)25-13(11)12/h7-9,14,17H,6,10H2,1-5H3,(H,19,20)/p-1. The number of para-hydroxylation sites is 1. The van der Waals surface area contributed by atoms with Crippen molar-refractivity contribution in [3.05, 3.63) is 29.3 Å².